The molecule has 4 heterocycles. The molecule has 4 aliphatic heterocycles. The molecule has 576 valence electrons. The molecule has 6 amide bonds. The molecular formula is C68H106N9O20P3S3. The molecule has 0 saturated carbocycles. The van der Waals surface area contributed by atoms with Crippen molar-refractivity contribution in [3.8, 4) is 0 Å². The van der Waals surface area contributed by atoms with Crippen molar-refractivity contribution in [1.29, 1.82) is 0 Å². The Hall–Kier alpha value is -4.88. The Kier molecular flexibility index (Phi) is 36.5. The van der Waals surface area contributed by atoms with Crippen LogP contribution in [0.2, 0.25) is 0 Å². The van der Waals surface area contributed by atoms with Crippen LogP contribution in [0.5, 0.6) is 0 Å². The first-order valence-corrected chi connectivity index (χ1v) is 44.9. The molecular weight excluding hydrogens is 1450 g/mol. The molecule has 103 heavy (non-hydrogen) atoms. The molecule has 3 unspecified atom stereocenters. The normalized spacial score (nSPS) is 24.8. The smallest absolute Gasteiger partial charge is 0.307 e. The fraction of sp³-hybridized carbons (Fsp3) is 0.676. The first-order chi connectivity index (χ1) is 48.9. The van der Waals surface area contributed by atoms with Gasteiger partial charge < -0.3 is 66.6 Å². The molecule has 0 aliphatic carbocycles. The number of aliphatic carboxylic acids is 1. The van der Waals surface area contributed by atoms with Gasteiger partial charge in [-0.1, -0.05) is 68.3 Å². The van der Waals surface area contributed by atoms with E-state index in [1.165, 1.54) is 40.2 Å². The number of unbranched alkanes of at least 4 members (excludes halogenated alkanes) is 2. The highest BCUT2D eigenvalue weighted by Gasteiger charge is 2.45. The average molecular weight is 1560 g/mol. The number of hydrogen-bond donors (Lipinski definition) is 11. The van der Waals surface area contributed by atoms with Crippen LogP contribution in [0.15, 0.2) is 48.5 Å². The number of nitrogens with two attached hydrogens (primary N) is 1. The Morgan fingerprint density at radius 1 is 0.641 bits per heavy atom. The molecule has 29 nitrogen and oxygen atoms in total. The van der Waals surface area contributed by atoms with E-state index in [0.29, 0.717) is 48.5 Å². The van der Waals surface area contributed by atoms with Crippen LogP contribution >= 0.6 is 57.4 Å². The number of Topliss-reactive ketones (excluding diaryl/α,β-unsaturated/α-hetero) is 3. The van der Waals surface area contributed by atoms with E-state index < -0.39 is 137 Å². The van der Waals surface area contributed by atoms with Crippen molar-refractivity contribution in [2.45, 2.75) is 170 Å². The van der Waals surface area contributed by atoms with Crippen molar-refractivity contribution in [1.82, 2.24) is 40.4 Å². The summed E-state index contributed by atoms with van der Waals surface area (Å²) < 4.78 is 38.7. The Balaban J connectivity index is 1.22. The second-order valence-corrected chi connectivity index (χ2v) is 37.6. The number of aliphatic hydroxyl groups excluding tert-OH is 3. The van der Waals surface area contributed by atoms with Gasteiger partial charge in [0.1, 0.15) is 48.4 Å². The summed E-state index contributed by atoms with van der Waals surface area (Å²) in [5, 5.41) is 48.4. The van der Waals surface area contributed by atoms with E-state index in [2.05, 4.69) is 16.0 Å². The number of fused-ring (bicyclic) bond motifs is 4. The molecule has 4 aliphatic rings. The number of amides is 6. The zero-order valence-corrected chi connectivity index (χ0v) is 64.1. The number of rotatable bonds is 30. The van der Waals surface area contributed by atoms with Crippen molar-refractivity contribution in [3.63, 3.8) is 0 Å². The number of primary amides is 1. The van der Waals surface area contributed by atoms with E-state index in [9.17, 15) is 96.7 Å². The summed E-state index contributed by atoms with van der Waals surface area (Å²) in [5.41, 5.74) is 8.67. The lowest BCUT2D eigenvalue weighted by atomic mass is 9.95. The summed E-state index contributed by atoms with van der Waals surface area (Å²) in [6.07, 6.45) is -1.99. The molecule has 0 aromatic heterocycles. The summed E-state index contributed by atoms with van der Waals surface area (Å²) in [4.78, 5) is 179. The van der Waals surface area contributed by atoms with Gasteiger partial charge in [0.2, 0.25) is 57.5 Å². The predicted octanol–water partition coefficient (Wildman–Crippen LogP) is 3.78. The SMILES string of the molecule is CCCCCC(=O)C[C@H]1CSCc2cc(CSCCCC(=O)CCP(=O)(O)CN3CCN(CP(=O)(O)CO)CCN(CP(=O)(O)CO)CC3)cc(c2)CSC[C@@H](C(=O)O)CC(=O)[C@H](Cc2ccccc2)NC(=O)[C@H](CCC(N)=O)NC(=O)[C@H]([C@@H](C)O)NC(=O)[C@@H]2CCCN2C(=O)[C@@H]2CCCN2C1=O. The Morgan fingerprint density at radius 2 is 1.19 bits per heavy atom. The number of ketones is 3. The number of thioether (sulfide) groups is 3. The number of benzene rings is 2. The summed E-state index contributed by atoms with van der Waals surface area (Å²) in [6.45, 7) is 4.72. The van der Waals surface area contributed by atoms with Gasteiger partial charge in [0.15, 0.2) is 5.78 Å². The second kappa shape index (κ2) is 43.2. The molecule has 3 fully saturated rings. The van der Waals surface area contributed by atoms with Gasteiger partial charge in [-0.3, -0.25) is 76.3 Å². The van der Waals surface area contributed by atoms with Crippen molar-refractivity contribution in [3.05, 3.63) is 70.8 Å². The minimum Gasteiger partial charge on any atom is -0.481 e. The number of nitrogens with one attached hydrogen (secondary N) is 3. The number of nitrogens with zero attached hydrogens (tertiary/aromatic N) is 5. The standard InChI is InChI=1S/C68H106N9O20P3S3/c1-3-4-6-14-55(82)35-52-40-102-38-50-31-49(37-101-30-11-15-54(81)20-29-98(92,93)42-73-23-25-74(43-99(94,95)45-78)27-28-75(26-24-73)44-100(96,97)46-79)32-51(33-50)39-103-41-53(68(90)91)36-60(83)57(34-48-12-7-5-8-13-48)71-63(85)56(18-19-61(69)84)70-65(87)62(47(2)80)72-64(86)58-16-9-21-76(58)67(89)59-17-10-22-77(59)66(52)88/h5,7-8,12-13,31-33,47,52-53,56-59,62,78-80H,3-4,6,9-11,14-30,34-46H2,1-2H3,(H2,69,84)(H,70,87)(H,71,85)(H,72,86)(H,90,91)(H,92,93)(H,94,95)(H,96,97)/t47-,52+,53+,56+,57+,58+,59+,62+/m1/s1. The number of carbonyl (C=O) groups is 10. The van der Waals surface area contributed by atoms with Gasteiger partial charge in [0.05, 0.1) is 42.8 Å². The highest BCUT2D eigenvalue weighted by atomic mass is 32.2. The van der Waals surface area contributed by atoms with Gasteiger partial charge in [-0.25, -0.2) is 0 Å². The summed E-state index contributed by atoms with van der Waals surface area (Å²) >= 11 is 4.25. The number of carboxylic acid groups (broad SMARTS) is 1. The predicted molar refractivity (Wildman–Crippen MR) is 395 cm³/mol. The van der Waals surface area contributed by atoms with Gasteiger partial charge in [0.25, 0.3) is 0 Å². The van der Waals surface area contributed by atoms with Crippen LogP contribution in [0, 0.1) is 11.8 Å². The topological polar surface area (TPSA) is 442 Å². The Labute approximate surface area is 615 Å². The van der Waals surface area contributed by atoms with E-state index in [-0.39, 0.29) is 163 Å². The molecule has 12 N–H and O–H groups in total. The number of carboxylic acids is 1. The summed E-state index contributed by atoms with van der Waals surface area (Å²) in [5.74, 6) is -6.93. The van der Waals surface area contributed by atoms with Crippen LogP contribution in [0.1, 0.15) is 132 Å². The van der Waals surface area contributed by atoms with E-state index in [4.69, 9.17) is 5.73 Å². The van der Waals surface area contributed by atoms with Gasteiger partial charge in [-0.2, -0.15) is 35.3 Å². The molecule has 11 atom stereocenters. The molecule has 2 aromatic carbocycles. The molecule has 0 radical (unpaired) electrons. The monoisotopic (exact) mass is 1560 g/mol. The maximum atomic E-state index is 14.9. The number of carbonyl (C=O) groups excluding carboxylic acids is 9. The van der Waals surface area contributed by atoms with Crippen LogP contribution in [0.3, 0.4) is 0 Å². The van der Waals surface area contributed by atoms with E-state index in [1.807, 2.05) is 25.1 Å². The second-order valence-electron chi connectivity index (χ2n) is 27.5. The molecule has 3 saturated heterocycles. The minimum absolute atomic E-state index is 0.0465. The van der Waals surface area contributed by atoms with Crippen LogP contribution in [-0.4, -0.2) is 262 Å². The zero-order chi connectivity index (χ0) is 75.4. The van der Waals surface area contributed by atoms with Crippen molar-refractivity contribution in [2.24, 2.45) is 17.6 Å². The largest absolute Gasteiger partial charge is 0.481 e. The van der Waals surface area contributed by atoms with Crippen LogP contribution in [0.4, 0.5) is 0 Å². The van der Waals surface area contributed by atoms with Gasteiger partial charge >= 0.3 is 5.97 Å². The number of aliphatic hydroxyl groups is 3. The third kappa shape index (κ3) is 30.0. The van der Waals surface area contributed by atoms with E-state index in [1.54, 1.807) is 56.8 Å². The lowest BCUT2D eigenvalue weighted by Crippen LogP contribution is -2.61. The highest BCUT2D eigenvalue weighted by Crippen LogP contribution is 2.44. The van der Waals surface area contributed by atoms with Gasteiger partial charge in [-0.05, 0) is 86.3 Å². The number of hydrogen-bond acceptors (Lipinski definition) is 22. The van der Waals surface area contributed by atoms with Crippen molar-refractivity contribution in [2.75, 3.05) is 107 Å². The lowest BCUT2D eigenvalue weighted by molar-refractivity contribution is -0.148. The molecule has 0 spiro atoms. The van der Waals surface area contributed by atoms with Crippen LogP contribution < -0.4 is 21.7 Å². The van der Waals surface area contributed by atoms with Crippen molar-refractivity contribution < 1.29 is 96.7 Å². The Bertz CT molecular complexity index is 3330. The zero-order valence-electron chi connectivity index (χ0n) is 59.0. The fourth-order valence-corrected chi connectivity index (χ4v) is 19.7. The molecule has 6 rings (SSSR count). The first-order valence-electron chi connectivity index (χ1n) is 35.4. The molecule has 2 bridgehead atoms. The third-order valence-electron chi connectivity index (χ3n) is 18.6. The minimum atomic E-state index is -3.97. The molecule has 2 aromatic rings. The Morgan fingerprint density at radius 3 is 1.76 bits per heavy atom. The summed E-state index contributed by atoms with van der Waals surface area (Å²) in [7, 11) is -11.9. The van der Waals surface area contributed by atoms with Gasteiger partial charge in [-0.15, -0.1) is 0 Å². The lowest BCUT2D eigenvalue weighted by Gasteiger charge is -2.33. The average Bonchev–Trinajstić information content (AvgIpc) is 1.70. The van der Waals surface area contributed by atoms with Crippen LogP contribution in [0.25, 0.3) is 0 Å². The highest BCUT2D eigenvalue weighted by molar-refractivity contribution is 7.99. The first kappa shape index (κ1) is 87.0. The summed E-state index contributed by atoms with van der Waals surface area (Å²) in [6, 6.07) is 7.88. The maximum Gasteiger partial charge on any atom is 0.307 e. The van der Waals surface area contributed by atoms with E-state index >= 15 is 0 Å². The quantitative estimate of drug-likeness (QED) is 0.0391. The van der Waals surface area contributed by atoms with Gasteiger partial charge in [0, 0.05) is 126 Å². The van der Waals surface area contributed by atoms with Crippen LogP contribution in [-0.2, 0) is 85.3 Å². The van der Waals surface area contributed by atoms with E-state index in [0.717, 1.165) is 29.5 Å². The molecule has 35 heteroatoms. The fourth-order valence-electron chi connectivity index (χ4n) is 13.0. The maximum absolute atomic E-state index is 14.9. The van der Waals surface area contributed by atoms with Crippen molar-refractivity contribution >= 4 is 116 Å². The third-order valence-corrected chi connectivity index (χ3v) is 26.4.